The van der Waals surface area contributed by atoms with Crippen LogP contribution in [0.1, 0.15) is 16.1 Å². The first-order valence-corrected chi connectivity index (χ1v) is 7.42. The molecule has 0 saturated carbocycles. The molecule has 3 rings (SSSR count). The van der Waals surface area contributed by atoms with Crippen LogP contribution < -0.4 is 5.32 Å². The molecule has 1 amide bonds. The highest BCUT2D eigenvalue weighted by Gasteiger charge is 2.08. The zero-order valence-corrected chi connectivity index (χ0v) is 13.2. The number of aromatic nitrogens is 3. The Bertz CT molecular complexity index is 871. The molecule has 21 heavy (non-hydrogen) atoms. The largest absolute Gasteiger partial charge is 0.352 e. The van der Waals surface area contributed by atoms with Gasteiger partial charge in [-0.05, 0) is 40.2 Å². The molecule has 0 aliphatic heterocycles. The van der Waals surface area contributed by atoms with E-state index >= 15 is 0 Å². The lowest BCUT2D eigenvalue weighted by Gasteiger charge is -2.02. The van der Waals surface area contributed by atoms with Crippen LogP contribution in [0.2, 0.25) is 0 Å². The Morgan fingerprint density at radius 1 is 1.38 bits per heavy atom. The van der Waals surface area contributed by atoms with Gasteiger partial charge in [-0.2, -0.15) is 0 Å². The van der Waals surface area contributed by atoms with Gasteiger partial charge < -0.3 is 14.7 Å². The number of imidazole rings is 1. The summed E-state index contributed by atoms with van der Waals surface area (Å²) < 4.78 is 3.30. The second-order valence-electron chi connectivity index (χ2n) is 4.44. The molecule has 0 atom stereocenters. The predicted octanol–water partition coefficient (Wildman–Crippen LogP) is 3.08. The monoisotopic (exact) mass is 362 g/mol. The number of amides is 1. The van der Waals surface area contributed by atoms with Crippen LogP contribution in [0.4, 0.5) is 0 Å². The zero-order chi connectivity index (χ0) is 14.8. The number of H-pyrrole nitrogens is 1. The van der Waals surface area contributed by atoms with Gasteiger partial charge in [0.25, 0.3) is 5.91 Å². The molecule has 3 aromatic rings. The van der Waals surface area contributed by atoms with Crippen LogP contribution in [0.25, 0.3) is 5.65 Å². The number of hydrogen-bond acceptors (Lipinski definition) is 3. The zero-order valence-electron chi connectivity index (χ0n) is 10.8. The van der Waals surface area contributed by atoms with E-state index in [9.17, 15) is 4.79 Å². The number of aromatic amines is 1. The molecule has 0 bridgehead atoms. The molecule has 7 heteroatoms. The molecular weight excluding hydrogens is 352 g/mol. The maximum absolute atomic E-state index is 12.1. The molecule has 3 heterocycles. The highest BCUT2D eigenvalue weighted by atomic mass is 79.9. The molecule has 0 radical (unpaired) electrons. The molecule has 3 aromatic heterocycles. The number of carbonyl (C=O) groups excluding carboxylic acids is 1. The first-order chi connectivity index (χ1) is 10.1. The van der Waals surface area contributed by atoms with Crippen molar-refractivity contribution >= 4 is 39.7 Å². The predicted molar refractivity (Wildman–Crippen MR) is 85.7 cm³/mol. The third kappa shape index (κ3) is 3.03. The number of nitrogens with one attached hydrogen (secondary N) is 2. The molecular formula is C14H11BrN4OS. The van der Waals surface area contributed by atoms with Crippen molar-refractivity contribution in [1.82, 2.24) is 19.7 Å². The average Bonchev–Trinajstić information content (AvgIpc) is 2.87. The standard InChI is InChI=1S/C14H11BrN4OS/c15-9-3-4-12-18-10(8-19(12)7-9)6-17-13(20)11-2-1-5-16-14(11)21/h1-5,7-8H,6H2,(H,16,21)(H,17,20). The van der Waals surface area contributed by atoms with E-state index in [0.717, 1.165) is 15.8 Å². The third-order valence-electron chi connectivity index (χ3n) is 2.96. The fraction of sp³-hybridized carbons (Fsp3) is 0.0714. The maximum atomic E-state index is 12.1. The van der Waals surface area contributed by atoms with Gasteiger partial charge in [0.15, 0.2) is 0 Å². The van der Waals surface area contributed by atoms with Crippen LogP contribution in [0.15, 0.2) is 47.3 Å². The molecule has 0 aliphatic rings. The van der Waals surface area contributed by atoms with Crippen molar-refractivity contribution in [2.45, 2.75) is 6.54 Å². The summed E-state index contributed by atoms with van der Waals surface area (Å²) in [4.78, 5) is 19.3. The Hall–Kier alpha value is -1.99. The van der Waals surface area contributed by atoms with Crippen LogP contribution in [-0.4, -0.2) is 20.3 Å². The number of fused-ring (bicyclic) bond motifs is 1. The molecule has 106 valence electrons. The Morgan fingerprint density at radius 3 is 3.05 bits per heavy atom. The molecule has 5 nitrogen and oxygen atoms in total. The SMILES string of the molecule is O=C(NCc1cn2cc(Br)ccc2n1)c1ccc[nH]c1=S. The van der Waals surface area contributed by atoms with E-state index < -0.39 is 0 Å². The van der Waals surface area contributed by atoms with Gasteiger partial charge in [-0.25, -0.2) is 4.98 Å². The Morgan fingerprint density at radius 2 is 2.24 bits per heavy atom. The van der Waals surface area contributed by atoms with Gasteiger partial charge in [-0.3, -0.25) is 4.79 Å². The van der Waals surface area contributed by atoms with Crippen molar-refractivity contribution in [2.75, 3.05) is 0 Å². The molecule has 0 saturated heterocycles. The summed E-state index contributed by atoms with van der Waals surface area (Å²) in [6, 6.07) is 7.26. The topological polar surface area (TPSA) is 62.2 Å². The quantitative estimate of drug-likeness (QED) is 0.703. The second kappa shape index (κ2) is 5.79. The summed E-state index contributed by atoms with van der Waals surface area (Å²) in [5.74, 6) is -0.213. The van der Waals surface area contributed by atoms with Gasteiger partial charge in [0, 0.05) is 23.1 Å². The Balaban J connectivity index is 1.76. The number of nitrogens with zero attached hydrogens (tertiary/aromatic N) is 2. The van der Waals surface area contributed by atoms with Crippen molar-refractivity contribution in [3.8, 4) is 0 Å². The van der Waals surface area contributed by atoms with Crippen LogP contribution in [0, 0.1) is 4.64 Å². The summed E-state index contributed by atoms with van der Waals surface area (Å²) in [5, 5.41) is 2.82. The van der Waals surface area contributed by atoms with E-state index in [1.54, 1.807) is 18.3 Å². The fourth-order valence-corrected chi connectivity index (χ4v) is 2.55. The minimum atomic E-state index is -0.213. The lowest BCUT2D eigenvalue weighted by Crippen LogP contribution is -2.23. The fourth-order valence-electron chi connectivity index (χ4n) is 1.97. The third-order valence-corrected chi connectivity index (χ3v) is 3.76. The molecule has 0 aliphatic carbocycles. The lowest BCUT2D eigenvalue weighted by atomic mass is 10.2. The number of pyridine rings is 2. The van der Waals surface area contributed by atoms with E-state index in [2.05, 4.69) is 31.2 Å². The smallest absolute Gasteiger partial charge is 0.254 e. The summed E-state index contributed by atoms with van der Waals surface area (Å²) in [6.07, 6.45) is 5.49. The summed E-state index contributed by atoms with van der Waals surface area (Å²) in [7, 11) is 0. The number of hydrogen-bond donors (Lipinski definition) is 2. The summed E-state index contributed by atoms with van der Waals surface area (Å²) in [6.45, 7) is 0.349. The van der Waals surface area contributed by atoms with E-state index in [4.69, 9.17) is 12.2 Å². The minimum absolute atomic E-state index is 0.213. The van der Waals surface area contributed by atoms with E-state index in [0.29, 0.717) is 16.7 Å². The van der Waals surface area contributed by atoms with Crippen LogP contribution in [0.3, 0.4) is 0 Å². The normalized spacial score (nSPS) is 10.7. The van der Waals surface area contributed by atoms with Crippen molar-refractivity contribution in [3.05, 3.63) is 63.2 Å². The minimum Gasteiger partial charge on any atom is -0.352 e. The van der Waals surface area contributed by atoms with Gasteiger partial charge >= 0.3 is 0 Å². The van der Waals surface area contributed by atoms with E-state index in [1.807, 2.05) is 28.9 Å². The number of rotatable bonds is 3. The van der Waals surface area contributed by atoms with Crippen LogP contribution >= 0.6 is 28.1 Å². The lowest BCUT2D eigenvalue weighted by molar-refractivity contribution is 0.0949. The number of carbonyl (C=O) groups is 1. The Labute approximate surface area is 134 Å². The van der Waals surface area contributed by atoms with Crippen molar-refractivity contribution in [3.63, 3.8) is 0 Å². The number of halogens is 1. The highest BCUT2D eigenvalue weighted by Crippen LogP contribution is 2.12. The Kier molecular flexibility index (Phi) is 3.85. The van der Waals surface area contributed by atoms with Crippen molar-refractivity contribution in [2.24, 2.45) is 0 Å². The second-order valence-corrected chi connectivity index (χ2v) is 5.76. The van der Waals surface area contributed by atoms with Gasteiger partial charge in [-0.15, -0.1) is 0 Å². The van der Waals surface area contributed by atoms with Crippen LogP contribution in [-0.2, 0) is 6.54 Å². The molecule has 0 fully saturated rings. The molecule has 0 spiro atoms. The molecule has 0 aromatic carbocycles. The molecule has 2 N–H and O–H groups in total. The first kappa shape index (κ1) is 14.0. The van der Waals surface area contributed by atoms with Gasteiger partial charge in [-0.1, -0.05) is 12.2 Å². The van der Waals surface area contributed by atoms with Gasteiger partial charge in [0.05, 0.1) is 17.8 Å². The van der Waals surface area contributed by atoms with E-state index in [1.165, 1.54) is 0 Å². The maximum Gasteiger partial charge on any atom is 0.254 e. The van der Waals surface area contributed by atoms with E-state index in [-0.39, 0.29) is 5.91 Å². The highest BCUT2D eigenvalue weighted by molar-refractivity contribution is 9.10. The summed E-state index contributed by atoms with van der Waals surface area (Å²) >= 11 is 8.49. The first-order valence-electron chi connectivity index (χ1n) is 6.22. The average molecular weight is 363 g/mol. The van der Waals surface area contributed by atoms with Gasteiger partial charge in [0.2, 0.25) is 0 Å². The summed E-state index contributed by atoms with van der Waals surface area (Å²) in [5.41, 5.74) is 2.07. The van der Waals surface area contributed by atoms with Crippen LogP contribution in [0.5, 0.6) is 0 Å². The van der Waals surface area contributed by atoms with Crippen molar-refractivity contribution in [1.29, 1.82) is 0 Å². The molecule has 0 unspecified atom stereocenters. The van der Waals surface area contributed by atoms with Crippen molar-refractivity contribution < 1.29 is 4.79 Å². The van der Waals surface area contributed by atoms with Gasteiger partial charge in [0.1, 0.15) is 10.3 Å².